The summed E-state index contributed by atoms with van der Waals surface area (Å²) in [5.41, 5.74) is -0.462. The van der Waals surface area contributed by atoms with E-state index in [1.807, 2.05) is 0 Å². The maximum absolute atomic E-state index is 12.4. The van der Waals surface area contributed by atoms with Crippen LogP contribution in [0.2, 0.25) is 0 Å². The molecule has 0 unspecified atom stereocenters. The smallest absolute Gasteiger partial charge is 0.376 e. The summed E-state index contributed by atoms with van der Waals surface area (Å²) in [5, 5.41) is 0. The Bertz CT molecular complexity index is 385. The van der Waals surface area contributed by atoms with Gasteiger partial charge >= 0.3 is 5.97 Å². The Kier molecular flexibility index (Phi) is 4.10. The van der Waals surface area contributed by atoms with Gasteiger partial charge in [0.15, 0.2) is 0 Å². The van der Waals surface area contributed by atoms with Crippen molar-refractivity contribution >= 4 is 5.97 Å². The molecule has 5 nitrogen and oxygen atoms in total. The predicted octanol–water partition coefficient (Wildman–Crippen LogP) is 1.60. The summed E-state index contributed by atoms with van der Waals surface area (Å²) >= 11 is 0. The van der Waals surface area contributed by atoms with Crippen molar-refractivity contribution in [2.24, 2.45) is 0 Å². The van der Waals surface area contributed by atoms with Crippen LogP contribution in [-0.4, -0.2) is 29.7 Å². The Balaban J connectivity index is 3.04. The van der Waals surface area contributed by atoms with Gasteiger partial charge in [-0.05, 0) is 6.92 Å². The van der Waals surface area contributed by atoms with E-state index in [0.29, 0.717) is 0 Å². The van der Waals surface area contributed by atoms with E-state index in [1.54, 1.807) is 6.92 Å². The van der Waals surface area contributed by atoms with Crippen LogP contribution in [0.1, 0.15) is 29.5 Å². The molecule has 0 radical (unpaired) electrons. The van der Waals surface area contributed by atoms with Crippen molar-refractivity contribution in [2.45, 2.75) is 13.3 Å². The molecule has 0 aliphatic carbocycles. The van der Waals surface area contributed by atoms with Gasteiger partial charge < -0.3 is 9.47 Å². The van der Waals surface area contributed by atoms with Gasteiger partial charge in [-0.2, -0.15) is 4.98 Å². The van der Waals surface area contributed by atoms with Crippen molar-refractivity contribution in [1.82, 2.24) is 9.97 Å². The fraction of sp³-hybridized carbons (Fsp3) is 0.444. The third kappa shape index (κ3) is 2.62. The Labute approximate surface area is 90.4 Å². The standard InChI is InChI=1S/C9H10F2N2O3/c1-3-16-9(14)7-12-4-5(6(10)11)8(13-7)15-2/h4,6H,3H2,1-2H3. The van der Waals surface area contributed by atoms with Crippen LogP contribution in [0.3, 0.4) is 0 Å². The monoisotopic (exact) mass is 232 g/mol. The Morgan fingerprint density at radius 1 is 1.56 bits per heavy atom. The summed E-state index contributed by atoms with van der Waals surface area (Å²) in [6, 6.07) is 0. The molecule has 7 heteroatoms. The number of methoxy groups -OCH3 is 1. The molecule has 0 aliphatic rings. The van der Waals surface area contributed by atoms with E-state index in [-0.39, 0.29) is 18.3 Å². The fourth-order valence-corrected chi connectivity index (χ4v) is 0.983. The molecule has 1 heterocycles. The summed E-state index contributed by atoms with van der Waals surface area (Å²) in [5.74, 6) is -1.40. The average Bonchev–Trinajstić information content (AvgIpc) is 2.28. The maximum Gasteiger partial charge on any atom is 0.376 e. The number of esters is 1. The van der Waals surface area contributed by atoms with Crippen molar-refractivity contribution in [1.29, 1.82) is 0 Å². The molecule has 0 fully saturated rings. The van der Waals surface area contributed by atoms with Gasteiger partial charge in [0, 0.05) is 6.20 Å². The summed E-state index contributed by atoms with van der Waals surface area (Å²) in [6.07, 6.45) is -1.91. The van der Waals surface area contributed by atoms with E-state index in [4.69, 9.17) is 0 Å². The Hall–Kier alpha value is -1.79. The van der Waals surface area contributed by atoms with Crippen molar-refractivity contribution in [3.05, 3.63) is 17.6 Å². The largest absolute Gasteiger partial charge is 0.481 e. The topological polar surface area (TPSA) is 61.3 Å². The molecule has 0 N–H and O–H groups in total. The number of ether oxygens (including phenoxy) is 2. The van der Waals surface area contributed by atoms with Gasteiger partial charge in [0.2, 0.25) is 11.7 Å². The lowest BCUT2D eigenvalue weighted by molar-refractivity contribution is 0.0509. The number of hydrogen-bond acceptors (Lipinski definition) is 5. The first-order valence-corrected chi connectivity index (χ1v) is 4.46. The maximum atomic E-state index is 12.4. The SMILES string of the molecule is CCOC(=O)c1ncc(C(F)F)c(OC)n1. The van der Waals surface area contributed by atoms with Gasteiger partial charge in [-0.3, -0.25) is 0 Å². The first-order valence-electron chi connectivity index (χ1n) is 4.46. The van der Waals surface area contributed by atoms with Crippen LogP contribution in [0.25, 0.3) is 0 Å². The normalized spacial score (nSPS) is 10.3. The summed E-state index contributed by atoms with van der Waals surface area (Å²) in [7, 11) is 1.18. The van der Waals surface area contributed by atoms with E-state index in [2.05, 4.69) is 19.4 Å². The molecule has 0 amide bonds. The minimum atomic E-state index is -2.76. The summed E-state index contributed by atoms with van der Waals surface area (Å²) in [6.45, 7) is 1.77. The van der Waals surface area contributed by atoms with Crippen molar-refractivity contribution in [3.8, 4) is 5.88 Å². The molecule has 1 rings (SSSR count). The average molecular weight is 232 g/mol. The van der Waals surface area contributed by atoms with Crippen molar-refractivity contribution in [2.75, 3.05) is 13.7 Å². The van der Waals surface area contributed by atoms with Crippen LogP contribution in [-0.2, 0) is 4.74 Å². The summed E-state index contributed by atoms with van der Waals surface area (Å²) < 4.78 is 34.1. The number of alkyl halides is 2. The molecule has 16 heavy (non-hydrogen) atoms. The Morgan fingerprint density at radius 2 is 2.25 bits per heavy atom. The van der Waals surface area contributed by atoms with Gasteiger partial charge in [-0.25, -0.2) is 18.6 Å². The van der Waals surface area contributed by atoms with Crippen molar-refractivity contribution in [3.63, 3.8) is 0 Å². The first kappa shape index (κ1) is 12.3. The Morgan fingerprint density at radius 3 is 2.75 bits per heavy atom. The van der Waals surface area contributed by atoms with Gasteiger partial charge in [0.1, 0.15) is 0 Å². The van der Waals surface area contributed by atoms with Crippen LogP contribution < -0.4 is 4.74 Å². The van der Waals surface area contributed by atoms with Crippen LogP contribution in [0.5, 0.6) is 5.88 Å². The summed E-state index contributed by atoms with van der Waals surface area (Å²) in [4.78, 5) is 18.2. The van der Waals surface area contributed by atoms with Crippen LogP contribution in [0, 0.1) is 0 Å². The van der Waals surface area contributed by atoms with Crippen LogP contribution >= 0.6 is 0 Å². The number of hydrogen-bond donors (Lipinski definition) is 0. The highest BCUT2D eigenvalue weighted by Gasteiger charge is 2.19. The quantitative estimate of drug-likeness (QED) is 0.738. The highest BCUT2D eigenvalue weighted by Crippen LogP contribution is 2.26. The third-order valence-corrected chi connectivity index (χ3v) is 1.67. The van der Waals surface area contributed by atoms with E-state index in [0.717, 1.165) is 6.20 Å². The van der Waals surface area contributed by atoms with Crippen LogP contribution in [0.4, 0.5) is 8.78 Å². The van der Waals surface area contributed by atoms with E-state index >= 15 is 0 Å². The second-order valence-corrected chi connectivity index (χ2v) is 2.68. The lowest BCUT2D eigenvalue weighted by Gasteiger charge is -2.07. The predicted molar refractivity (Wildman–Crippen MR) is 49.5 cm³/mol. The lowest BCUT2D eigenvalue weighted by Crippen LogP contribution is -2.11. The van der Waals surface area contributed by atoms with Gasteiger partial charge in [0.05, 0.1) is 19.3 Å². The number of nitrogens with zero attached hydrogens (tertiary/aromatic N) is 2. The molecule has 0 bridgehead atoms. The number of halogens is 2. The molecule has 0 aliphatic heterocycles. The molecule has 0 spiro atoms. The van der Waals surface area contributed by atoms with Crippen LogP contribution in [0.15, 0.2) is 6.20 Å². The fourth-order valence-electron chi connectivity index (χ4n) is 0.983. The minimum absolute atomic E-state index is 0.154. The molecule has 1 aromatic heterocycles. The molecule has 0 saturated heterocycles. The molecule has 0 saturated carbocycles. The molecule has 0 aromatic carbocycles. The zero-order valence-electron chi connectivity index (χ0n) is 8.74. The minimum Gasteiger partial charge on any atom is -0.481 e. The van der Waals surface area contributed by atoms with E-state index < -0.39 is 18.0 Å². The van der Waals surface area contributed by atoms with Crippen molar-refractivity contribution < 1.29 is 23.0 Å². The zero-order chi connectivity index (χ0) is 12.1. The molecule has 0 atom stereocenters. The zero-order valence-corrected chi connectivity index (χ0v) is 8.74. The second kappa shape index (κ2) is 5.34. The molecule has 88 valence electrons. The van der Waals surface area contributed by atoms with E-state index in [1.165, 1.54) is 7.11 Å². The van der Waals surface area contributed by atoms with Gasteiger partial charge in [-0.1, -0.05) is 0 Å². The van der Waals surface area contributed by atoms with Gasteiger partial charge in [-0.15, -0.1) is 0 Å². The van der Waals surface area contributed by atoms with Gasteiger partial charge in [0.25, 0.3) is 6.43 Å². The number of aromatic nitrogens is 2. The molecule has 1 aromatic rings. The highest BCUT2D eigenvalue weighted by molar-refractivity contribution is 5.85. The first-order chi connectivity index (χ1) is 7.60. The lowest BCUT2D eigenvalue weighted by atomic mass is 10.3. The molecular weight excluding hydrogens is 222 g/mol. The third-order valence-electron chi connectivity index (χ3n) is 1.67. The molecular formula is C9H10F2N2O3. The highest BCUT2D eigenvalue weighted by atomic mass is 19.3. The number of carbonyl (C=O) groups is 1. The number of carbonyl (C=O) groups excluding carboxylic acids is 1. The number of rotatable bonds is 4. The second-order valence-electron chi connectivity index (χ2n) is 2.68. The van der Waals surface area contributed by atoms with E-state index in [9.17, 15) is 13.6 Å².